The summed E-state index contributed by atoms with van der Waals surface area (Å²) in [7, 11) is 0.649. The molecule has 2 heterocycles. The van der Waals surface area contributed by atoms with E-state index in [1.807, 2.05) is 0 Å². The first kappa shape index (κ1) is 29.6. The maximum atomic E-state index is 13.7. The summed E-state index contributed by atoms with van der Waals surface area (Å²) in [6.07, 6.45) is 1.80. The van der Waals surface area contributed by atoms with Gasteiger partial charge in [0.05, 0.1) is 30.2 Å². The zero-order valence-corrected chi connectivity index (χ0v) is 25.4. The number of sulfonamides is 1. The number of fused-ring (bicyclic) bond motifs is 2. The molecular formula is C33H26FN3O7S. The van der Waals surface area contributed by atoms with Crippen LogP contribution in [0.25, 0.3) is 56.0 Å². The van der Waals surface area contributed by atoms with Gasteiger partial charge < -0.3 is 18.9 Å². The molecule has 10 nitrogen and oxygen atoms in total. The zero-order chi connectivity index (χ0) is 32.0. The van der Waals surface area contributed by atoms with Gasteiger partial charge in [0.25, 0.3) is 5.91 Å². The molecule has 0 spiro atoms. The summed E-state index contributed by atoms with van der Waals surface area (Å²) < 4.78 is 58.2. The SMILES string of the molecule is CNC(=O)c1c(-c2ccc(F)cc2)oc2cc(N(C)S(C)(=O)=O)c(-c3ccc(OC)c(-c4nc5cc(C=O)ccc5o4)c3)cc12. The van der Waals surface area contributed by atoms with Gasteiger partial charge >= 0.3 is 0 Å². The molecule has 0 atom stereocenters. The molecule has 12 heteroatoms. The van der Waals surface area contributed by atoms with Crippen LogP contribution in [0, 0.1) is 5.82 Å². The normalized spacial score (nSPS) is 11.6. The molecule has 4 aromatic carbocycles. The topological polar surface area (TPSA) is 132 Å². The lowest BCUT2D eigenvalue weighted by atomic mass is 9.97. The molecule has 0 unspecified atom stereocenters. The highest BCUT2D eigenvalue weighted by atomic mass is 32.2. The Morgan fingerprint density at radius 2 is 1.69 bits per heavy atom. The number of anilines is 1. The van der Waals surface area contributed by atoms with Crippen LogP contribution in [0.2, 0.25) is 0 Å². The van der Waals surface area contributed by atoms with E-state index in [1.54, 1.807) is 48.5 Å². The number of nitrogens with one attached hydrogen (secondary N) is 1. The van der Waals surface area contributed by atoms with E-state index in [1.165, 1.54) is 45.5 Å². The second-order valence-electron chi connectivity index (χ2n) is 10.3. The van der Waals surface area contributed by atoms with Crippen molar-refractivity contribution >= 4 is 50.0 Å². The molecule has 228 valence electrons. The van der Waals surface area contributed by atoms with Crippen LogP contribution in [0.5, 0.6) is 5.75 Å². The highest BCUT2D eigenvalue weighted by molar-refractivity contribution is 7.92. The number of carbonyl (C=O) groups is 2. The van der Waals surface area contributed by atoms with E-state index in [0.717, 1.165) is 16.8 Å². The van der Waals surface area contributed by atoms with Gasteiger partial charge in [-0.2, -0.15) is 0 Å². The maximum absolute atomic E-state index is 13.7. The predicted octanol–water partition coefficient (Wildman–Crippen LogP) is 6.29. The first-order chi connectivity index (χ1) is 21.5. The molecule has 6 aromatic rings. The highest BCUT2D eigenvalue weighted by Crippen LogP contribution is 2.43. The zero-order valence-electron chi connectivity index (χ0n) is 24.5. The molecule has 0 fully saturated rings. The number of amides is 1. The number of carbonyl (C=O) groups excluding carboxylic acids is 2. The Kier molecular flexibility index (Phi) is 7.37. The Labute approximate surface area is 257 Å². The molecule has 0 aliphatic rings. The number of oxazole rings is 1. The number of rotatable bonds is 8. The fourth-order valence-electron chi connectivity index (χ4n) is 5.13. The van der Waals surface area contributed by atoms with Gasteiger partial charge in [-0.15, -0.1) is 0 Å². The first-order valence-electron chi connectivity index (χ1n) is 13.6. The van der Waals surface area contributed by atoms with Gasteiger partial charge in [-0.25, -0.2) is 17.8 Å². The fraction of sp³-hybridized carbons (Fsp3) is 0.121. The molecule has 2 aromatic heterocycles. The molecule has 0 radical (unpaired) electrons. The van der Waals surface area contributed by atoms with Crippen molar-refractivity contribution in [1.29, 1.82) is 0 Å². The molecule has 6 rings (SSSR count). The molecule has 0 aliphatic heterocycles. The van der Waals surface area contributed by atoms with E-state index in [0.29, 0.717) is 50.1 Å². The van der Waals surface area contributed by atoms with Crippen LogP contribution >= 0.6 is 0 Å². The quantitative estimate of drug-likeness (QED) is 0.195. The summed E-state index contributed by atoms with van der Waals surface area (Å²) in [5, 5.41) is 3.04. The molecule has 1 N–H and O–H groups in total. The van der Waals surface area contributed by atoms with Crippen molar-refractivity contribution in [3.8, 4) is 39.7 Å². The van der Waals surface area contributed by atoms with Crippen molar-refractivity contribution in [1.82, 2.24) is 10.3 Å². The second-order valence-corrected chi connectivity index (χ2v) is 12.3. The average Bonchev–Trinajstić information content (AvgIpc) is 3.64. The number of aldehydes is 1. The van der Waals surface area contributed by atoms with E-state index in [9.17, 15) is 22.4 Å². The highest BCUT2D eigenvalue weighted by Gasteiger charge is 2.26. The molecular weight excluding hydrogens is 601 g/mol. The molecule has 0 bridgehead atoms. The van der Waals surface area contributed by atoms with Crippen LogP contribution in [-0.2, 0) is 10.0 Å². The van der Waals surface area contributed by atoms with Crippen LogP contribution in [-0.4, -0.2) is 53.1 Å². The summed E-state index contributed by atoms with van der Waals surface area (Å²) in [4.78, 5) is 29.1. The van der Waals surface area contributed by atoms with Gasteiger partial charge in [-0.05, 0) is 66.2 Å². The van der Waals surface area contributed by atoms with Gasteiger partial charge in [-0.1, -0.05) is 6.07 Å². The van der Waals surface area contributed by atoms with Gasteiger partial charge in [0, 0.05) is 42.2 Å². The summed E-state index contributed by atoms with van der Waals surface area (Å²) in [6, 6.07) is 18.8. The third-order valence-corrected chi connectivity index (χ3v) is 8.68. The van der Waals surface area contributed by atoms with Crippen LogP contribution in [0.1, 0.15) is 20.7 Å². The number of halogens is 1. The third-order valence-electron chi connectivity index (χ3n) is 7.49. The number of nitrogens with zero attached hydrogens (tertiary/aromatic N) is 2. The number of methoxy groups -OCH3 is 1. The lowest BCUT2D eigenvalue weighted by Gasteiger charge is -2.21. The number of hydrogen-bond acceptors (Lipinski definition) is 8. The van der Waals surface area contributed by atoms with E-state index >= 15 is 0 Å². The molecule has 45 heavy (non-hydrogen) atoms. The van der Waals surface area contributed by atoms with Crippen molar-refractivity contribution < 1.29 is 36.0 Å². The maximum Gasteiger partial charge on any atom is 0.255 e. The van der Waals surface area contributed by atoms with Crippen LogP contribution in [0.3, 0.4) is 0 Å². The van der Waals surface area contributed by atoms with Crippen molar-refractivity contribution in [3.05, 3.63) is 89.7 Å². The first-order valence-corrected chi connectivity index (χ1v) is 15.4. The molecule has 1 amide bonds. The van der Waals surface area contributed by atoms with E-state index in [4.69, 9.17) is 13.6 Å². The van der Waals surface area contributed by atoms with Crippen molar-refractivity contribution in [2.75, 3.05) is 31.8 Å². The summed E-state index contributed by atoms with van der Waals surface area (Å²) in [6.45, 7) is 0. The fourth-order valence-corrected chi connectivity index (χ4v) is 5.64. The standard InChI is InChI=1S/C33H26FN3O7S/c1-35-32(39)30-23-15-22(26(37(2)45(4,40)41)16-29(23)43-31(30)19-6-9-21(34)10-7-19)20-8-12-27(42-3)24(14-20)33-36-25-13-18(17-38)5-11-28(25)44-33/h5-17H,1-4H3,(H,35,39). The Morgan fingerprint density at radius 1 is 0.956 bits per heavy atom. The summed E-state index contributed by atoms with van der Waals surface area (Å²) >= 11 is 0. The summed E-state index contributed by atoms with van der Waals surface area (Å²) in [5.74, 6) is -0.0354. The smallest absolute Gasteiger partial charge is 0.255 e. The Morgan fingerprint density at radius 3 is 2.36 bits per heavy atom. The number of benzene rings is 4. The van der Waals surface area contributed by atoms with Crippen molar-refractivity contribution in [3.63, 3.8) is 0 Å². The van der Waals surface area contributed by atoms with Crippen LogP contribution in [0.4, 0.5) is 10.1 Å². The van der Waals surface area contributed by atoms with Gasteiger partial charge in [0.2, 0.25) is 15.9 Å². The second kappa shape index (κ2) is 11.2. The van der Waals surface area contributed by atoms with E-state index in [-0.39, 0.29) is 28.5 Å². The largest absolute Gasteiger partial charge is 0.496 e. The minimum atomic E-state index is -3.75. The predicted molar refractivity (Wildman–Crippen MR) is 169 cm³/mol. The number of ether oxygens (including phenoxy) is 1. The van der Waals surface area contributed by atoms with Crippen molar-refractivity contribution in [2.45, 2.75) is 0 Å². The Bertz CT molecular complexity index is 2240. The van der Waals surface area contributed by atoms with Crippen LogP contribution in [0.15, 0.2) is 81.6 Å². The van der Waals surface area contributed by atoms with E-state index < -0.39 is 21.7 Å². The summed E-state index contributed by atoms with van der Waals surface area (Å²) in [5.41, 5.74) is 4.05. The Balaban J connectivity index is 1.62. The number of hydrogen-bond donors (Lipinski definition) is 1. The third kappa shape index (κ3) is 5.29. The monoisotopic (exact) mass is 627 g/mol. The van der Waals surface area contributed by atoms with E-state index in [2.05, 4.69) is 10.3 Å². The molecule has 0 saturated carbocycles. The minimum Gasteiger partial charge on any atom is -0.496 e. The lowest BCUT2D eigenvalue weighted by molar-refractivity contribution is 0.0964. The van der Waals surface area contributed by atoms with Gasteiger partial charge in [0.1, 0.15) is 34.7 Å². The minimum absolute atomic E-state index is 0.200. The van der Waals surface area contributed by atoms with Gasteiger partial charge in [0.15, 0.2) is 5.58 Å². The van der Waals surface area contributed by atoms with Gasteiger partial charge in [-0.3, -0.25) is 13.9 Å². The number of furan rings is 1. The Hall–Kier alpha value is -5.49. The average molecular weight is 628 g/mol. The van der Waals surface area contributed by atoms with Crippen molar-refractivity contribution in [2.24, 2.45) is 0 Å². The molecule has 0 aliphatic carbocycles. The van der Waals surface area contributed by atoms with Crippen LogP contribution < -0.4 is 14.4 Å². The number of aromatic nitrogens is 1. The lowest BCUT2D eigenvalue weighted by Crippen LogP contribution is -2.25. The molecule has 0 saturated heterocycles.